The van der Waals surface area contributed by atoms with Gasteiger partial charge in [-0.25, -0.2) is 15.0 Å². The SMILES string of the molecule is COc1cc(N2CCN3CCCC3C2)ccc1-n1cnc(Nc2cnc(C#N)cn2)c1. The van der Waals surface area contributed by atoms with Gasteiger partial charge in [-0.05, 0) is 31.5 Å². The molecule has 158 valence electrons. The highest BCUT2D eigenvalue weighted by atomic mass is 16.5. The summed E-state index contributed by atoms with van der Waals surface area (Å²) < 4.78 is 7.63. The van der Waals surface area contributed by atoms with Crippen molar-refractivity contribution in [2.75, 3.05) is 43.5 Å². The lowest BCUT2D eigenvalue weighted by Gasteiger charge is -2.39. The van der Waals surface area contributed by atoms with Crippen molar-refractivity contribution in [1.29, 1.82) is 5.26 Å². The predicted molar refractivity (Wildman–Crippen MR) is 117 cm³/mol. The van der Waals surface area contributed by atoms with Crippen molar-refractivity contribution in [3.05, 3.63) is 48.8 Å². The smallest absolute Gasteiger partial charge is 0.158 e. The van der Waals surface area contributed by atoms with Crippen LogP contribution in [0.1, 0.15) is 18.5 Å². The number of nitrogens with zero attached hydrogens (tertiary/aromatic N) is 7. The number of anilines is 3. The Hall–Kier alpha value is -3.64. The van der Waals surface area contributed by atoms with Crippen LogP contribution in [0, 0.1) is 11.3 Å². The molecule has 2 saturated heterocycles. The molecule has 0 radical (unpaired) electrons. The van der Waals surface area contributed by atoms with Crippen LogP contribution in [0.3, 0.4) is 0 Å². The Morgan fingerprint density at radius 3 is 2.87 bits per heavy atom. The van der Waals surface area contributed by atoms with Crippen molar-refractivity contribution >= 4 is 17.3 Å². The molecule has 9 heteroatoms. The van der Waals surface area contributed by atoms with E-state index < -0.39 is 0 Å². The summed E-state index contributed by atoms with van der Waals surface area (Å²) in [6.07, 6.45) is 9.14. The van der Waals surface area contributed by atoms with Gasteiger partial charge >= 0.3 is 0 Å². The van der Waals surface area contributed by atoms with Crippen LogP contribution in [-0.2, 0) is 0 Å². The minimum atomic E-state index is 0.273. The van der Waals surface area contributed by atoms with Crippen LogP contribution in [0.15, 0.2) is 43.1 Å². The van der Waals surface area contributed by atoms with Crippen molar-refractivity contribution in [2.45, 2.75) is 18.9 Å². The van der Waals surface area contributed by atoms with Crippen molar-refractivity contribution in [1.82, 2.24) is 24.4 Å². The van der Waals surface area contributed by atoms with Gasteiger partial charge in [0, 0.05) is 37.4 Å². The van der Waals surface area contributed by atoms with Crippen LogP contribution < -0.4 is 15.0 Å². The number of imidazole rings is 1. The van der Waals surface area contributed by atoms with E-state index in [0.717, 1.165) is 31.1 Å². The first-order chi connectivity index (χ1) is 15.2. The lowest BCUT2D eigenvalue weighted by Crippen LogP contribution is -2.50. The topological polar surface area (TPSA) is 95.1 Å². The molecule has 0 bridgehead atoms. The summed E-state index contributed by atoms with van der Waals surface area (Å²) in [6.45, 7) is 4.49. The van der Waals surface area contributed by atoms with E-state index >= 15 is 0 Å². The first-order valence-electron chi connectivity index (χ1n) is 10.4. The standard InChI is InChI=1S/C22H24N8O/c1-31-20-9-17(29-8-7-28-6-2-3-18(28)13-29)4-5-19(20)30-14-22(26-15-30)27-21-12-24-16(10-23)11-25-21/h4-5,9,11-12,14-15,18H,2-3,6-8,13H2,1H3,(H,25,27). The highest BCUT2D eigenvalue weighted by Gasteiger charge is 2.30. The fraction of sp³-hybridized carbons (Fsp3) is 0.364. The van der Waals surface area contributed by atoms with E-state index in [2.05, 4.69) is 48.3 Å². The van der Waals surface area contributed by atoms with Crippen LogP contribution in [0.5, 0.6) is 5.75 Å². The third kappa shape index (κ3) is 3.90. The third-order valence-electron chi connectivity index (χ3n) is 6.00. The maximum atomic E-state index is 8.83. The molecule has 0 spiro atoms. The van der Waals surface area contributed by atoms with E-state index in [4.69, 9.17) is 10.00 Å². The number of aromatic nitrogens is 4. The number of nitriles is 1. The number of ether oxygens (including phenoxy) is 1. The second-order valence-electron chi connectivity index (χ2n) is 7.82. The molecule has 0 aliphatic carbocycles. The van der Waals surface area contributed by atoms with Crippen LogP contribution in [-0.4, -0.2) is 63.7 Å². The molecule has 2 aliphatic rings. The molecule has 1 unspecified atom stereocenters. The second kappa shape index (κ2) is 8.24. The van der Waals surface area contributed by atoms with E-state index in [-0.39, 0.29) is 5.69 Å². The molecule has 2 aromatic heterocycles. The largest absolute Gasteiger partial charge is 0.494 e. The van der Waals surface area contributed by atoms with E-state index in [1.807, 2.05) is 16.8 Å². The fourth-order valence-corrected chi connectivity index (χ4v) is 4.40. The van der Waals surface area contributed by atoms with Crippen LogP contribution in [0.25, 0.3) is 5.69 Å². The Balaban J connectivity index is 1.33. The highest BCUT2D eigenvalue weighted by molar-refractivity contribution is 5.61. The summed E-state index contributed by atoms with van der Waals surface area (Å²) in [5, 5.41) is 11.9. The number of hydrogen-bond donors (Lipinski definition) is 1. The first kappa shape index (κ1) is 19.3. The van der Waals surface area contributed by atoms with Crippen molar-refractivity contribution in [3.63, 3.8) is 0 Å². The molecule has 3 aromatic rings. The number of rotatable bonds is 5. The molecular formula is C22H24N8O. The molecule has 0 saturated carbocycles. The molecule has 4 heterocycles. The van der Waals surface area contributed by atoms with Gasteiger partial charge in [0.2, 0.25) is 0 Å². The summed E-state index contributed by atoms with van der Waals surface area (Å²) in [7, 11) is 1.69. The van der Waals surface area contributed by atoms with Crippen molar-refractivity contribution < 1.29 is 4.74 Å². The summed E-state index contributed by atoms with van der Waals surface area (Å²) in [6, 6.07) is 8.96. The Kier molecular flexibility index (Phi) is 5.14. The van der Waals surface area contributed by atoms with E-state index in [1.54, 1.807) is 13.4 Å². The minimum absolute atomic E-state index is 0.273. The maximum Gasteiger partial charge on any atom is 0.158 e. The number of methoxy groups -OCH3 is 1. The Bertz CT molecular complexity index is 1100. The fourth-order valence-electron chi connectivity index (χ4n) is 4.40. The molecule has 2 aliphatic heterocycles. The summed E-state index contributed by atoms with van der Waals surface area (Å²) in [5.41, 5.74) is 2.38. The average Bonchev–Trinajstić information content (AvgIpc) is 3.48. The molecular weight excluding hydrogens is 392 g/mol. The molecule has 1 atom stereocenters. The Labute approximate surface area is 180 Å². The Morgan fingerprint density at radius 1 is 1.13 bits per heavy atom. The van der Waals surface area contributed by atoms with E-state index in [9.17, 15) is 0 Å². The zero-order valence-electron chi connectivity index (χ0n) is 17.4. The monoisotopic (exact) mass is 416 g/mol. The number of piperazine rings is 1. The van der Waals surface area contributed by atoms with Gasteiger partial charge < -0.3 is 19.5 Å². The van der Waals surface area contributed by atoms with E-state index in [0.29, 0.717) is 17.7 Å². The molecule has 1 N–H and O–H groups in total. The molecule has 5 rings (SSSR count). The molecule has 9 nitrogen and oxygen atoms in total. The van der Waals surface area contributed by atoms with Gasteiger partial charge in [-0.2, -0.15) is 5.26 Å². The quantitative estimate of drug-likeness (QED) is 0.678. The van der Waals surface area contributed by atoms with Crippen molar-refractivity contribution in [3.8, 4) is 17.5 Å². The second-order valence-corrected chi connectivity index (χ2v) is 7.82. The molecule has 2 fully saturated rings. The van der Waals surface area contributed by atoms with Crippen LogP contribution in [0.4, 0.5) is 17.3 Å². The van der Waals surface area contributed by atoms with Gasteiger partial charge in [0.25, 0.3) is 0 Å². The van der Waals surface area contributed by atoms with Gasteiger partial charge in [0.1, 0.15) is 29.8 Å². The zero-order valence-corrected chi connectivity index (χ0v) is 17.4. The average molecular weight is 416 g/mol. The minimum Gasteiger partial charge on any atom is -0.494 e. The maximum absolute atomic E-state index is 8.83. The zero-order chi connectivity index (χ0) is 21.2. The molecule has 0 amide bonds. The van der Waals surface area contributed by atoms with Gasteiger partial charge in [-0.1, -0.05) is 0 Å². The van der Waals surface area contributed by atoms with Gasteiger partial charge in [-0.3, -0.25) is 4.90 Å². The summed E-state index contributed by atoms with van der Waals surface area (Å²) >= 11 is 0. The highest BCUT2D eigenvalue weighted by Crippen LogP contribution is 2.32. The number of nitrogens with one attached hydrogen (secondary N) is 1. The van der Waals surface area contributed by atoms with Crippen LogP contribution >= 0.6 is 0 Å². The molecule has 31 heavy (non-hydrogen) atoms. The lowest BCUT2D eigenvalue weighted by atomic mass is 10.1. The Morgan fingerprint density at radius 2 is 2.06 bits per heavy atom. The number of benzene rings is 1. The van der Waals surface area contributed by atoms with Gasteiger partial charge in [-0.15, -0.1) is 0 Å². The lowest BCUT2D eigenvalue weighted by molar-refractivity contribution is 0.231. The summed E-state index contributed by atoms with van der Waals surface area (Å²) in [4.78, 5) is 17.7. The van der Waals surface area contributed by atoms with Gasteiger partial charge in [0.05, 0.1) is 31.4 Å². The molecule has 1 aromatic carbocycles. The van der Waals surface area contributed by atoms with Crippen molar-refractivity contribution in [2.24, 2.45) is 0 Å². The van der Waals surface area contributed by atoms with Crippen LogP contribution in [0.2, 0.25) is 0 Å². The normalized spacial score (nSPS) is 18.5. The summed E-state index contributed by atoms with van der Waals surface area (Å²) in [5.74, 6) is 1.95. The number of hydrogen-bond acceptors (Lipinski definition) is 8. The first-order valence-corrected chi connectivity index (χ1v) is 10.4. The predicted octanol–water partition coefficient (Wildman–Crippen LogP) is 2.57. The van der Waals surface area contributed by atoms with Gasteiger partial charge in [0.15, 0.2) is 5.69 Å². The third-order valence-corrected chi connectivity index (χ3v) is 6.00. The van der Waals surface area contributed by atoms with E-state index in [1.165, 1.54) is 37.5 Å². The number of fused-ring (bicyclic) bond motifs is 1.